The number of nitrogens with zero attached hydrogens (tertiary/aromatic N) is 4. The molecule has 3 aromatic rings. The van der Waals surface area contributed by atoms with Gasteiger partial charge in [-0.1, -0.05) is 6.07 Å². The lowest BCUT2D eigenvalue weighted by Gasteiger charge is -2.18. The Morgan fingerprint density at radius 1 is 1.09 bits per heavy atom. The van der Waals surface area contributed by atoms with E-state index in [1.807, 2.05) is 18.0 Å². The van der Waals surface area contributed by atoms with Crippen LogP contribution in [0.15, 0.2) is 30.5 Å². The van der Waals surface area contributed by atoms with E-state index in [-0.39, 0.29) is 0 Å². The predicted molar refractivity (Wildman–Crippen MR) is 89.0 cm³/mol. The number of aryl methyl sites for hydroxylation is 2. The van der Waals surface area contributed by atoms with E-state index in [4.69, 9.17) is 4.74 Å². The summed E-state index contributed by atoms with van der Waals surface area (Å²) < 4.78 is 7.32. The highest BCUT2D eigenvalue weighted by Gasteiger charge is 2.12. The molecule has 0 saturated heterocycles. The molecule has 1 aromatic carbocycles. The number of benzene rings is 1. The Bertz CT molecular complexity index is 838. The largest absolute Gasteiger partial charge is 0.467 e. The van der Waals surface area contributed by atoms with Gasteiger partial charge in [-0.2, -0.15) is 4.98 Å². The highest BCUT2D eigenvalue weighted by Crippen LogP contribution is 2.30. The van der Waals surface area contributed by atoms with Gasteiger partial charge in [0.1, 0.15) is 5.82 Å². The molecule has 0 amide bonds. The molecule has 114 valence electrons. The maximum atomic E-state index is 5.10. The fourth-order valence-corrected chi connectivity index (χ4v) is 2.72. The van der Waals surface area contributed by atoms with E-state index < -0.39 is 0 Å². The molecule has 0 aliphatic heterocycles. The number of hydrogen-bond donors (Lipinski definition) is 0. The topological polar surface area (TPSA) is 43.2 Å². The monoisotopic (exact) mass is 296 g/mol. The van der Waals surface area contributed by atoms with Gasteiger partial charge >= 0.3 is 6.01 Å². The van der Waals surface area contributed by atoms with Crippen molar-refractivity contribution >= 4 is 22.3 Å². The minimum Gasteiger partial charge on any atom is -0.467 e. The van der Waals surface area contributed by atoms with Crippen LogP contribution in [0.5, 0.6) is 6.01 Å². The Hall–Kier alpha value is -2.56. The summed E-state index contributed by atoms with van der Waals surface area (Å²) in [4.78, 5) is 10.5. The van der Waals surface area contributed by atoms with Crippen LogP contribution in [0.2, 0.25) is 0 Å². The van der Waals surface area contributed by atoms with E-state index in [0.717, 1.165) is 11.5 Å². The second kappa shape index (κ2) is 5.33. The number of methoxy groups -OCH3 is 1. The molecular formula is C17H20N4O. The Morgan fingerprint density at radius 3 is 2.55 bits per heavy atom. The minimum absolute atomic E-state index is 0.372. The van der Waals surface area contributed by atoms with Crippen molar-refractivity contribution in [2.45, 2.75) is 13.8 Å². The first-order valence-electron chi connectivity index (χ1n) is 7.19. The Morgan fingerprint density at radius 2 is 1.82 bits per heavy atom. The van der Waals surface area contributed by atoms with Crippen molar-refractivity contribution in [3.8, 4) is 6.01 Å². The number of rotatable bonds is 3. The van der Waals surface area contributed by atoms with Gasteiger partial charge in [0.25, 0.3) is 0 Å². The maximum absolute atomic E-state index is 5.10. The number of aromatic nitrogens is 3. The van der Waals surface area contributed by atoms with E-state index >= 15 is 0 Å². The van der Waals surface area contributed by atoms with Crippen molar-refractivity contribution in [1.82, 2.24) is 14.5 Å². The standard InChI is InChI=1S/C17H20N4O/c1-11-14-7-6-13(10-15(14)12(2)20(11)3)21(4)16-8-9-18-17(19-16)22-5/h6-10H,1-5H3. The van der Waals surface area contributed by atoms with Gasteiger partial charge in [0.05, 0.1) is 7.11 Å². The van der Waals surface area contributed by atoms with Crippen LogP contribution >= 0.6 is 0 Å². The van der Waals surface area contributed by atoms with Gasteiger partial charge in [0.15, 0.2) is 0 Å². The lowest BCUT2D eigenvalue weighted by atomic mass is 10.1. The molecule has 0 fully saturated rings. The molecule has 2 heterocycles. The van der Waals surface area contributed by atoms with Crippen molar-refractivity contribution in [1.29, 1.82) is 0 Å². The number of anilines is 2. The Labute approximate surface area is 130 Å². The molecule has 0 aliphatic rings. The quantitative estimate of drug-likeness (QED) is 0.743. The summed E-state index contributed by atoms with van der Waals surface area (Å²) in [6, 6.07) is 8.73. The predicted octanol–water partition coefficient (Wildman–Crippen LogP) is 3.36. The molecule has 5 nitrogen and oxygen atoms in total. The second-order valence-electron chi connectivity index (χ2n) is 5.42. The molecule has 2 aromatic heterocycles. The number of fused-ring (bicyclic) bond motifs is 1. The molecule has 0 aliphatic carbocycles. The van der Waals surface area contributed by atoms with Gasteiger partial charge in [-0.15, -0.1) is 0 Å². The van der Waals surface area contributed by atoms with E-state index in [1.54, 1.807) is 13.3 Å². The van der Waals surface area contributed by atoms with Crippen LogP contribution in [-0.4, -0.2) is 28.7 Å². The fourth-order valence-electron chi connectivity index (χ4n) is 2.72. The Kier molecular flexibility index (Phi) is 3.48. The first kappa shape index (κ1) is 14.4. The van der Waals surface area contributed by atoms with E-state index in [0.29, 0.717) is 6.01 Å². The van der Waals surface area contributed by atoms with Crippen LogP contribution in [0.25, 0.3) is 10.8 Å². The fraction of sp³-hybridized carbons (Fsp3) is 0.294. The van der Waals surface area contributed by atoms with E-state index in [1.165, 1.54) is 22.2 Å². The SMILES string of the molecule is COc1nccc(N(C)c2ccc3c(C)n(C)c(C)c3c2)n1. The normalized spacial score (nSPS) is 11.0. The molecule has 0 N–H and O–H groups in total. The van der Waals surface area contributed by atoms with Crippen LogP contribution in [-0.2, 0) is 7.05 Å². The highest BCUT2D eigenvalue weighted by atomic mass is 16.5. The smallest absolute Gasteiger partial charge is 0.318 e. The van der Waals surface area contributed by atoms with Gasteiger partial charge < -0.3 is 14.2 Å². The first-order valence-corrected chi connectivity index (χ1v) is 7.19. The lowest BCUT2D eigenvalue weighted by Crippen LogP contribution is -2.11. The summed E-state index contributed by atoms with van der Waals surface area (Å²) in [6.45, 7) is 4.29. The summed E-state index contributed by atoms with van der Waals surface area (Å²) in [6.07, 6.45) is 1.70. The molecule has 0 atom stereocenters. The van der Waals surface area contributed by atoms with Crippen molar-refractivity contribution < 1.29 is 4.74 Å². The zero-order valence-corrected chi connectivity index (χ0v) is 13.6. The van der Waals surface area contributed by atoms with Gasteiger partial charge in [-0.05, 0) is 32.0 Å². The molecule has 0 saturated carbocycles. The average Bonchev–Trinajstić information content (AvgIpc) is 2.78. The van der Waals surface area contributed by atoms with Crippen LogP contribution < -0.4 is 9.64 Å². The molecule has 0 bridgehead atoms. The van der Waals surface area contributed by atoms with Crippen molar-refractivity contribution in [2.75, 3.05) is 19.1 Å². The van der Waals surface area contributed by atoms with E-state index in [2.05, 4.69) is 53.6 Å². The third kappa shape index (κ3) is 2.19. The van der Waals surface area contributed by atoms with Gasteiger partial charge in [0, 0.05) is 48.1 Å². The molecule has 22 heavy (non-hydrogen) atoms. The van der Waals surface area contributed by atoms with Crippen molar-refractivity contribution in [3.63, 3.8) is 0 Å². The third-order valence-corrected chi connectivity index (χ3v) is 4.32. The number of ether oxygens (including phenoxy) is 1. The van der Waals surface area contributed by atoms with Crippen LogP contribution in [0.1, 0.15) is 11.4 Å². The van der Waals surface area contributed by atoms with Crippen LogP contribution in [0.3, 0.4) is 0 Å². The second-order valence-corrected chi connectivity index (χ2v) is 5.42. The van der Waals surface area contributed by atoms with Crippen LogP contribution in [0, 0.1) is 13.8 Å². The molecule has 3 rings (SSSR count). The zero-order valence-electron chi connectivity index (χ0n) is 13.6. The van der Waals surface area contributed by atoms with Gasteiger partial charge in [-0.25, -0.2) is 4.98 Å². The third-order valence-electron chi connectivity index (χ3n) is 4.32. The summed E-state index contributed by atoms with van der Waals surface area (Å²) in [5.41, 5.74) is 3.63. The zero-order chi connectivity index (χ0) is 15.9. The first-order chi connectivity index (χ1) is 10.5. The molecular weight excluding hydrogens is 276 g/mol. The average molecular weight is 296 g/mol. The summed E-state index contributed by atoms with van der Waals surface area (Å²) in [5.74, 6) is 0.802. The van der Waals surface area contributed by atoms with Crippen LogP contribution in [0.4, 0.5) is 11.5 Å². The molecule has 0 unspecified atom stereocenters. The maximum Gasteiger partial charge on any atom is 0.318 e. The van der Waals surface area contributed by atoms with Crippen molar-refractivity contribution in [3.05, 3.63) is 41.9 Å². The Balaban J connectivity index is 2.07. The molecule has 0 spiro atoms. The molecule has 5 heteroatoms. The lowest BCUT2D eigenvalue weighted by molar-refractivity contribution is 0.380. The van der Waals surface area contributed by atoms with E-state index in [9.17, 15) is 0 Å². The van der Waals surface area contributed by atoms with Crippen molar-refractivity contribution in [2.24, 2.45) is 7.05 Å². The highest BCUT2D eigenvalue weighted by molar-refractivity contribution is 5.91. The summed E-state index contributed by atoms with van der Waals surface area (Å²) >= 11 is 0. The van der Waals surface area contributed by atoms with Gasteiger partial charge in [0.2, 0.25) is 0 Å². The summed E-state index contributed by atoms with van der Waals surface area (Å²) in [7, 11) is 5.67. The van der Waals surface area contributed by atoms with Gasteiger partial charge in [-0.3, -0.25) is 0 Å². The minimum atomic E-state index is 0.372. The summed E-state index contributed by atoms with van der Waals surface area (Å²) in [5, 5.41) is 2.56. The molecule has 0 radical (unpaired) electrons. The number of hydrogen-bond acceptors (Lipinski definition) is 4.